The summed E-state index contributed by atoms with van der Waals surface area (Å²) in [7, 11) is -10.0. The van der Waals surface area contributed by atoms with Gasteiger partial charge in [0.05, 0.1) is 32.8 Å². The molecule has 0 rings (SSSR count). The molecule has 0 amide bonds. The first-order valence-electron chi connectivity index (χ1n) is 40.4. The lowest BCUT2D eigenvalue weighted by atomic mass is 10.1. The molecule has 5 atom stereocenters. The highest BCUT2D eigenvalue weighted by Gasteiger charge is 2.30. The number of esters is 4. The molecular weight excluding hydrogens is 1380 g/mol. The summed E-state index contributed by atoms with van der Waals surface area (Å²) in [5.41, 5.74) is 0. The number of rotatable bonds is 74. The molecule has 0 spiro atoms. The molecule has 5 unspecified atom stereocenters. The zero-order chi connectivity index (χ0) is 77.4. The van der Waals surface area contributed by atoms with Crippen LogP contribution in [0.4, 0.5) is 0 Å². The SMILES string of the molecule is CC/C=C\C/C=C\C/C=C\C/C=C\C/C=C\CCCCCC(=O)OCC(COP(=O)(O)OCC(O)COP(=O)(O)OCC(COC(=O)C/C=C\C/C=C\C/C=C\C/C=C\C/C=C\CC)OC(=O)CCCCCCC/C=C\CCCCCC)OC(=O)CCCCCCCC/C=C\C/C=C\C/C=C\CCCCC. The van der Waals surface area contributed by atoms with E-state index in [1.807, 2.05) is 18.2 Å². The molecule has 3 N–H and O–H groups in total. The Hall–Kier alpha value is -5.58. The molecule has 0 heterocycles. The Bertz CT molecular complexity index is 2680. The van der Waals surface area contributed by atoms with Gasteiger partial charge in [0.1, 0.15) is 19.3 Å². The molecule has 0 aromatic carbocycles. The van der Waals surface area contributed by atoms with E-state index in [0.29, 0.717) is 25.7 Å². The fourth-order valence-electron chi connectivity index (χ4n) is 10.1. The molecule has 0 saturated heterocycles. The molecule has 0 radical (unpaired) electrons. The summed E-state index contributed by atoms with van der Waals surface area (Å²) >= 11 is 0. The van der Waals surface area contributed by atoms with Crippen molar-refractivity contribution in [3.05, 3.63) is 170 Å². The van der Waals surface area contributed by atoms with Gasteiger partial charge in [-0.15, -0.1) is 0 Å². The number of unbranched alkanes of at least 4 members (excludes halogenated alkanes) is 21. The fraction of sp³-hybridized carbons (Fsp3) is 0.632. The summed E-state index contributed by atoms with van der Waals surface area (Å²) in [5.74, 6) is -2.39. The van der Waals surface area contributed by atoms with Gasteiger partial charge in [0.15, 0.2) is 12.2 Å². The maximum atomic E-state index is 13.1. The van der Waals surface area contributed by atoms with Crippen LogP contribution in [0.2, 0.25) is 0 Å². The van der Waals surface area contributed by atoms with Crippen LogP contribution in [0, 0.1) is 0 Å². The van der Waals surface area contributed by atoms with Gasteiger partial charge in [-0.05, 0) is 161 Å². The maximum Gasteiger partial charge on any atom is 0.472 e. The van der Waals surface area contributed by atoms with E-state index < -0.39 is 97.5 Å². The van der Waals surface area contributed by atoms with Crippen molar-refractivity contribution in [1.29, 1.82) is 0 Å². The van der Waals surface area contributed by atoms with Crippen molar-refractivity contribution in [2.45, 2.75) is 316 Å². The molecule has 602 valence electrons. The zero-order valence-electron chi connectivity index (χ0n) is 65.8. The summed E-state index contributed by atoms with van der Waals surface area (Å²) in [4.78, 5) is 73.0. The van der Waals surface area contributed by atoms with E-state index >= 15 is 0 Å². The average molecular weight is 1520 g/mol. The molecule has 0 aromatic heterocycles. The van der Waals surface area contributed by atoms with Crippen LogP contribution in [-0.4, -0.2) is 96.7 Å². The number of hydrogen-bond acceptors (Lipinski definition) is 15. The van der Waals surface area contributed by atoms with Gasteiger partial charge in [0, 0.05) is 19.3 Å². The van der Waals surface area contributed by atoms with Crippen LogP contribution in [0.3, 0.4) is 0 Å². The number of carbonyl (C=O) groups excluding carboxylic acids is 4. The van der Waals surface area contributed by atoms with Gasteiger partial charge in [-0.25, -0.2) is 9.13 Å². The van der Waals surface area contributed by atoms with Crippen LogP contribution < -0.4 is 0 Å². The van der Waals surface area contributed by atoms with E-state index in [4.69, 9.17) is 37.0 Å². The van der Waals surface area contributed by atoms with E-state index in [1.165, 1.54) is 44.9 Å². The summed E-state index contributed by atoms with van der Waals surface area (Å²) in [6, 6.07) is 0. The van der Waals surface area contributed by atoms with Crippen LogP contribution in [0.15, 0.2) is 170 Å². The van der Waals surface area contributed by atoms with Gasteiger partial charge in [-0.1, -0.05) is 281 Å². The third kappa shape index (κ3) is 76.6. The number of hydrogen-bond donors (Lipinski definition) is 3. The minimum Gasteiger partial charge on any atom is -0.462 e. The fourth-order valence-corrected chi connectivity index (χ4v) is 11.7. The first kappa shape index (κ1) is 100. The number of aliphatic hydroxyl groups excluding tert-OH is 1. The molecule has 0 aliphatic heterocycles. The van der Waals surface area contributed by atoms with Crippen molar-refractivity contribution in [2.75, 3.05) is 39.6 Å². The van der Waals surface area contributed by atoms with Crippen molar-refractivity contribution in [1.82, 2.24) is 0 Å². The largest absolute Gasteiger partial charge is 0.472 e. The maximum absolute atomic E-state index is 13.1. The summed E-state index contributed by atoms with van der Waals surface area (Å²) < 4.78 is 68.5. The number of aliphatic hydroxyl groups is 1. The molecule has 17 nitrogen and oxygen atoms in total. The second kappa shape index (κ2) is 77.6. The van der Waals surface area contributed by atoms with Crippen molar-refractivity contribution in [3.8, 4) is 0 Å². The lowest BCUT2D eigenvalue weighted by Crippen LogP contribution is -2.30. The lowest BCUT2D eigenvalue weighted by molar-refractivity contribution is -0.161. The Morgan fingerprint density at radius 2 is 0.528 bits per heavy atom. The monoisotopic (exact) mass is 1520 g/mol. The number of carbonyl (C=O) groups is 4. The Balaban J connectivity index is 5.49. The van der Waals surface area contributed by atoms with Gasteiger partial charge in [-0.3, -0.25) is 37.3 Å². The predicted octanol–water partition coefficient (Wildman–Crippen LogP) is 23.8. The number of phosphoric acid groups is 2. The normalized spacial score (nSPS) is 14.7. The van der Waals surface area contributed by atoms with Gasteiger partial charge in [-0.2, -0.15) is 0 Å². The van der Waals surface area contributed by atoms with Crippen LogP contribution >= 0.6 is 15.6 Å². The topological polar surface area (TPSA) is 237 Å². The molecule has 0 bridgehead atoms. The number of allylic oxidation sites excluding steroid dienone is 27. The first-order valence-corrected chi connectivity index (χ1v) is 43.4. The minimum absolute atomic E-state index is 0.0595. The highest BCUT2D eigenvalue weighted by Crippen LogP contribution is 2.45. The predicted molar refractivity (Wildman–Crippen MR) is 436 cm³/mol. The molecule has 0 aromatic rings. The van der Waals surface area contributed by atoms with Crippen molar-refractivity contribution >= 4 is 39.5 Å². The average Bonchev–Trinajstić information content (AvgIpc) is 0.903. The van der Waals surface area contributed by atoms with Crippen molar-refractivity contribution in [2.24, 2.45) is 0 Å². The van der Waals surface area contributed by atoms with Gasteiger partial charge < -0.3 is 33.8 Å². The smallest absolute Gasteiger partial charge is 0.462 e. The molecule has 0 aliphatic rings. The molecule has 0 saturated carbocycles. The second-order valence-electron chi connectivity index (χ2n) is 26.3. The standard InChI is InChI=1S/C87H142O17P2/c1-5-9-13-17-21-25-29-33-36-38-40-42-45-49-52-56-60-64-68-72-85(90)98-78-83(104-87(92)74-70-66-62-58-54-50-46-43-41-39-37-34-30-26-22-18-14-10-6-2)80-102-106(95,96)100-76-81(88)75-99-105(93,94)101-79-82(103-86(91)73-69-65-61-57-53-47-32-28-24-20-16-12-8-4)77-97-84(89)71-67-63-59-55-51-48-44-35-31-27-23-19-15-11-7-3/h9,11,13,15,21-23,25-28,32-37,40-44,49,51-52,55,63,67,81-83,88H,5-8,10,12,14,16-20,24,29-31,38-39,45-48,50,53-54,56-62,64-66,68-80H2,1-4H3,(H,93,94)(H,95,96)/b13-9-,15-11-,25-21-,26-22-,27-23-,32-28-,36-33-,37-34-,42-40-,43-41-,44-35-,52-49-,55-51-,67-63-. The Kier molecular flexibility index (Phi) is 73.5. The van der Waals surface area contributed by atoms with Crippen LogP contribution in [0.5, 0.6) is 0 Å². The molecule has 19 heteroatoms. The van der Waals surface area contributed by atoms with Crippen molar-refractivity contribution < 1.29 is 80.2 Å². The van der Waals surface area contributed by atoms with E-state index in [1.54, 1.807) is 6.08 Å². The molecular formula is C87H142O17P2. The Labute approximate surface area is 642 Å². The third-order valence-corrected chi connectivity index (χ3v) is 18.1. The molecule has 0 fully saturated rings. The lowest BCUT2D eigenvalue weighted by Gasteiger charge is -2.21. The van der Waals surface area contributed by atoms with Crippen molar-refractivity contribution in [3.63, 3.8) is 0 Å². The van der Waals surface area contributed by atoms with E-state index in [2.05, 4.69) is 174 Å². The Morgan fingerprint density at radius 3 is 0.877 bits per heavy atom. The van der Waals surface area contributed by atoms with Gasteiger partial charge >= 0.3 is 39.5 Å². The zero-order valence-corrected chi connectivity index (χ0v) is 67.6. The summed E-state index contributed by atoms with van der Waals surface area (Å²) in [6.45, 7) is 4.42. The van der Waals surface area contributed by atoms with Crippen LogP contribution in [0.25, 0.3) is 0 Å². The van der Waals surface area contributed by atoms with Gasteiger partial charge in [0.25, 0.3) is 0 Å². The van der Waals surface area contributed by atoms with Crippen LogP contribution in [0.1, 0.15) is 297 Å². The van der Waals surface area contributed by atoms with E-state index in [0.717, 1.165) is 173 Å². The molecule has 0 aliphatic carbocycles. The number of ether oxygens (including phenoxy) is 4. The second-order valence-corrected chi connectivity index (χ2v) is 29.2. The van der Waals surface area contributed by atoms with E-state index in [-0.39, 0.29) is 25.7 Å². The Morgan fingerprint density at radius 1 is 0.283 bits per heavy atom. The first-order chi connectivity index (χ1) is 51.7. The van der Waals surface area contributed by atoms with Crippen LogP contribution in [-0.2, 0) is 65.4 Å². The number of phosphoric ester groups is 2. The summed E-state index contributed by atoms with van der Waals surface area (Å²) in [6.07, 6.45) is 92.2. The third-order valence-electron chi connectivity index (χ3n) is 16.2. The summed E-state index contributed by atoms with van der Waals surface area (Å²) in [5, 5.41) is 10.6. The van der Waals surface area contributed by atoms with Gasteiger partial charge in [0.2, 0.25) is 0 Å². The highest BCUT2D eigenvalue weighted by molar-refractivity contribution is 7.47. The quantitative estimate of drug-likeness (QED) is 0.0169. The molecule has 106 heavy (non-hydrogen) atoms. The minimum atomic E-state index is -5.01. The highest BCUT2D eigenvalue weighted by atomic mass is 31.2. The van der Waals surface area contributed by atoms with E-state index in [9.17, 15) is 43.2 Å².